The Morgan fingerprint density at radius 2 is 1.58 bits per heavy atom. The summed E-state index contributed by atoms with van der Waals surface area (Å²) in [4.78, 5) is 0.150. The molecule has 0 amide bonds. The third kappa shape index (κ3) is 2.74. The number of nitrogens with zero attached hydrogens (tertiary/aromatic N) is 1. The molecular weight excluding hydrogens is 270 g/mol. The van der Waals surface area contributed by atoms with E-state index in [1.165, 1.54) is 42.8 Å². The van der Waals surface area contributed by atoms with Crippen LogP contribution in [0.3, 0.4) is 0 Å². The highest BCUT2D eigenvalue weighted by Crippen LogP contribution is 2.24. The summed E-state index contributed by atoms with van der Waals surface area (Å²) < 4.78 is 36.6. The fourth-order valence-electron chi connectivity index (χ4n) is 2.13. The molecule has 1 aromatic carbocycles. The van der Waals surface area contributed by atoms with Crippen molar-refractivity contribution in [2.75, 3.05) is 27.3 Å². The summed E-state index contributed by atoms with van der Waals surface area (Å²) in [5.41, 5.74) is 0. The average Bonchev–Trinajstić information content (AvgIpc) is 2.83. The number of sulfonamides is 1. The summed E-state index contributed by atoms with van der Waals surface area (Å²) >= 11 is 0. The maximum absolute atomic E-state index is 12.4. The van der Waals surface area contributed by atoms with Gasteiger partial charge in [-0.15, -0.1) is 0 Å². The van der Waals surface area contributed by atoms with E-state index in [-0.39, 0.29) is 35.9 Å². The van der Waals surface area contributed by atoms with Crippen molar-refractivity contribution in [3.8, 4) is 5.75 Å². The van der Waals surface area contributed by atoms with E-state index in [1.807, 2.05) is 0 Å². The highest BCUT2D eigenvalue weighted by Gasteiger charge is 2.39. The molecule has 0 saturated carbocycles. The second kappa shape index (κ2) is 5.46. The number of phenols is 1. The predicted octanol–water partition coefficient (Wildman–Crippen LogP) is 0.426. The van der Waals surface area contributed by atoms with Gasteiger partial charge in [0.1, 0.15) is 5.75 Å². The van der Waals surface area contributed by atoms with Gasteiger partial charge >= 0.3 is 0 Å². The van der Waals surface area contributed by atoms with Gasteiger partial charge in [-0.2, -0.15) is 4.31 Å². The van der Waals surface area contributed by atoms with Crippen LogP contribution in [-0.2, 0) is 19.5 Å². The van der Waals surface area contributed by atoms with E-state index in [2.05, 4.69) is 0 Å². The van der Waals surface area contributed by atoms with Gasteiger partial charge in [-0.3, -0.25) is 0 Å². The van der Waals surface area contributed by atoms with Crippen LogP contribution in [0.25, 0.3) is 0 Å². The zero-order valence-corrected chi connectivity index (χ0v) is 11.6. The largest absolute Gasteiger partial charge is 0.508 e. The van der Waals surface area contributed by atoms with Crippen LogP contribution in [0.4, 0.5) is 0 Å². The Hall–Kier alpha value is -1.15. The SMILES string of the molecule is COC1CN(S(=O)(=O)c2ccc(O)cc2)CC1OC. The van der Waals surface area contributed by atoms with Gasteiger partial charge in [-0.1, -0.05) is 0 Å². The molecule has 0 bridgehead atoms. The molecule has 19 heavy (non-hydrogen) atoms. The number of ether oxygens (including phenoxy) is 2. The molecule has 6 nitrogen and oxygen atoms in total. The number of aromatic hydroxyl groups is 1. The van der Waals surface area contributed by atoms with Gasteiger partial charge in [0.15, 0.2) is 0 Å². The van der Waals surface area contributed by atoms with E-state index < -0.39 is 10.0 Å². The van der Waals surface area contributed by atoms with Gasteiger partial charge in [0.2, 0.25) is 10.0 Å². The number of hydrogen-bond donors (Lipinski definition) is 1. The zero-order chi connectivity index (χ0) is 14.0. The van der Waals surface area contributed by atoms with E-state index in [9.17, 15) is 13.5 Å². The Morgan fingerprint density at radius 1 is 1.11 bits per heavy atom. The summed E-state index contributed by atoms with van der Waals surface area (Å²) in [6, 6.07) is 5.47. The van der Waals surface area contributed by atoms with E-state index in [1.54, 1.807) is 0 Å². The van der Waals surface area contributed by atoms with E-state index in [0.717, 1.165) is 0 Å². The van der Waals surface area contributed by atoms with E-state index in [4.69, 9.17) is 9.47 Å². The molecule has 1 aliphatic heterocycles. The predicted molar refractivity (Wildman–Crippen MR) is 68.5 cm³/mol. The van der Waals surface area contributed by atoms with Crippen LogP contribution in [0.2, 0.25) is 0 Å². The Balaban J connectivity index is 2.24. The molecular formula is C12H17NO5S. The molecule has 1 N–H and O–H groups in total. The summed E-state index contributed by atoms with van der Waals surface area (Å²) in [6.45, 7) is 0.524. The summed E-state index contributed by atoms with van der Waals surface area (Å²) in [7, 11) is -0.509. The molecule has 106 valence electrons. The number of hydrogen-bond acceptors (Lipinski definition) is 5. The van der Waals surface area contributed by atoms with Crippen LogP contribution in [0.1, 0.15) is 0 Å². The summed E-state index contributed by atoms with van der Waals surface area (Å²) in [6.07, 6.45) is -0.534. The minimum atomic E-state index is -3.58. The fourth-order valence-corrected chi connectivity index (χ4v) is 3.59. The topological polar surface area (TPSA) is 76.1 Å². The molecule has 0 radical (unpaired) electrons. The van der Waals surface area contributed by atoms with Gasteiger partial charge in [0.25, 0.3) is 0 Å². The fraction of sp³-hybridized carbons (Fsp3) is 0.500. The second-order valence-corrected chi connectivity index (χ2v) is 6.30. The average molecular weight is 287 g/mol. The number of rotatable bonds is 4. The van der Waals surface area contributed by atoms with Crippen molar-refractivity contribution < 1.29 is 23.0 Å². The van der Waals surface area contributed by atoms with Crippen molar-refractivity contribution in [2.24, 2.45) is 0 Å². The summed E-state index contributed by atoms with van der Waals surface area (Å²) in [5.74, 6) is 0.0323. The van der Waals surface area contributed by atoms with E-state index >= 15 is 0 Å². The minimum absolute atomic E-state index is 0.0323. The van der Waals surface area contributed by atoms with Gasteiger partial charge in [0.05, 0.1) is 17.1 Å². The molecule has 1 heterocycles. The quantitative estimate of drug-likeness (QED) is 0.869. The second-order valence-electron chi connectivity index (χ2n) is 4.36. The van der Waals surface area contributed by atoms with Crippen molar-refractivity contribution in [3.63, 3.8) is 0 Å². The third-order valence-electron chi connectivity index (χ3n) is 3.26. The van der Waals surface area contributed by atoms with E-state index in [0.29, 0.717) is 0 Å². The molecule has 0 aromatic heterocycles. The molecule has 1 fully saturated rings. The lowest BCUT2D eigenvalue weighted by Gasteiger charge is -2.15. The molecule has 1 saturated heterocycles. The van der Waals surface area contributed by atoms with Crippen molar-refractivity contribution in [3.05, 3.63) is 24.3 Å². The Labute approximate surface area is 112 Å². The van der Waals surface area contributed by atoms with Crippen molar-refractivity contribution in [2.45, 2.75) is 17.1 Å². The van der Waals surface area contributed by atoms with Crippen LogP contribution in [-0.4, -0.2) is 57.3 Å². The highest BCUT2D eigenvalue weighted by atomic mass is 32.2. The molecule has 2 unspecified atom stereocenters. The minimum Gasteiger partial charge on any atom is -0.508 e. The first-order valence-electron chi connectivity index (χ1n) is 5.84. The monoisotopic (exact) mass is 287 g/mol. The van der Waals surface area contributed by atoms with Crippen LogP contribution in [0.15, 0.2) is 29.2 Å². The molecule has 1 aromatic rings. The van der Waals surface area contributed by atoms with Gasteiger partial charge in [-0.05, 0) is 24.3 Å². The van der Waals surface area contributed by atoms with Crippen LogP contribution in [0, 0.1) is 0 Å². The molecule has 2 rings (SSSR count). The molecule has 0 aliphatic carbocycles. The van der Waals surface area contributed by atoms with Gasteiger partial charge < -0.3 is 14.6 Å². The van der Waals surface area contributed by atoms with Crippen LogP contribution < -0.4 is 0 Å². The normalized spacial score (nSPS) is 24.7. The van der Waals surface area contributed by atoms with Crippen molar-refractivity contribution in [1.29, 1.82) is 0 Å². The zero-order valence-electron chi connectivity index (χ0n) is 10.8. The number of phenolic OH excluding ortho intramolecular Hbond substituents is 1. The third-order valence-corrected chi connectivity index (χ3v) is 5.11. The first-order chi connectivity index (χ1) is 8.98. The molecule has 7 heteroatoms. The summed E-state index contributed by atoms with van der Waals surface area (Å²) in [5, 5.41) is 9.20. The molecule has 1 aliphatic rings. The lowest BCUT2D eigenvalue weighted by molar-refractivity contribution is -0.00461. The Morgan fingerprint density at radius 3 is 2.00 bits per heavy atom. The Kier molecular flexibility index (Phi) is 4.10. The maximum atomic E-state index is 12.4. The maximum Gasteiger partial charge on any atom is 0.243 e. The molecule has 2 atom stereocenters. The lowest BCUT2D eigenvalue weighted by Crippen LogP contribution is -2.30. The van der Waals surface area contributed by atoms with Gasteiger partial charge in [-0.25, -0.2) is 8.42 Å². The number of methoxy groups -OCH3 is 2. The first-order valence-corrected chi connectivity index (χ1v) is 7.28. The number of benzene rings is 1. The Bertz CT molecular complexity index is 516. The van der Waals surface area contributed by atoms with Crippen molar-refractivity contribution in [1.82, 2.24) is 4.31 Å². The van der Waals surface area contributed by atoms with Gasteiger partial charge in [0, 0.05) is 27.3 Å². The highest BCUT2D eigenvalue weighted by molar-refractivity contribution is 7.89. The van der Waals surface area contributed by atoms with Crippen molar-refractivity contribution >= 4 is 10.0 Å². The smallest absolute Gasteiger partial charge is 0.243 e. The standard InChI is InChI=1S/C12H17NO5S/c1-17-11-7-13(8-12(11)18-2)19(15,16)10-5-3-9(14)4-6-10/h3-6,11-12,14H,7-8H2,1-2H3. The van der Waals surface area contributed by atoms with Crippen LogP contribution in [0.5, 0.6) is 5.75 Å². The lowest BCUT2D eigenvalue weighted by atomic mass is 10.3. The first kappa shape index (κ1) is 14.3. The van der Waals surface area contributed by atoms with Crippen LogP contribution >= 0.6 is 0 Å². The molecule has 0 spiro atoms.